The summed E-state index contributed by atoms with van der Waals surface area (Å²) >= 11 is 0. The Bertz CT molecular complexity index is 664. The monoisotopic (exact) mass is 370 g/mol. The zero-order valence-electron chi connectivity index (χ0n) is 17.0. The van der Waals surface area contributed by atoms with Gasteiger partial charge in [0.1, 0.15) is 0 Å². The van der Waals surface area contributed by atoms with Gasteiger partial charge in [-0.2, -0.15) is 0 Å². The zero-order chi connectivity index (χ0) is 19.2. The smallest absolute Gasteiger partial charge is 0.253 e. The standard InChI is InChI=1S/C23H34N2O2/c1-18-9-11-21(17-19(18)2)23(27)25-14-6-13-24(15-16-25)22(26)12-10-20-7-4-3-5-8-20/h9,11,17,20H,3-8,10,12-16H2,1-2H3. The Morgan fingerprint density at radius 1 is 0.889 bits per heavy atom. The van der Waals surface area contributed by atoms with Gasteiger partial charge in [0.05, 0.1) is 0 Å². The van der Waals surface area contributed by atoms with Crippen molar-refractivity contribution in [1.82, 2.24) is 9.80 Å². The van der Waals surface area contributed by atoms with E-state index in [1.807, 2.05) is 34.9 Å². The van der Waals surface area contributed by atoms with Crippen LogP contribution in [0.25, 0.3) is 0 Å². The lowest BCUT2D eigenvalue weighted by Gasteiger charge is -2.25. The van der Waals surface area contributed by atoms with E-state index in [-0.39, 0.29) is 11.8 Å². The second-order valence-electron chi connectivity index (χ2n) is 8.37. The molecule has 1 aliphatic carbocycles. The number of aryl methyl sites for hydroxylation is 2. The Labute approximate surface area is 163 Å². The van der Waals surface area contributed by atoms with Crippen molar-refractivity contribution >= 4 is 11.8 Å². The van der Waals surface area contributed by atoms with Gasteiger partial charge in [0.25, 0.3) is 5.91 Å². The molecule has 0 unspecified atom stereocenters. The molecule has 148 valence electrons. The Morgan fingerprint density at radius 2 is 1.59 bits per heavy atom. The first-order chi connectivity index (χ1) is 13.0. The molecule has 3 rings (SSSR count). The van der Waals surface area contributed by atoms with Crippen molar-refractivity contribution in [3.05, 3.63) is 34.9 Å². The zero-order valence-corrected chi connectivity index (χ0v) is 17.0. The lowest BCUT2D eigenvalue weighted by atomic mass is 9.86. The maximum Gasteiger partial charge on any atom is 0.253 e. The van der Waals surface area contributed by atoms with Crippen LogP contribution in [0.15, 0.2) is 18.2 Å². The van der Waals surface area contributed by atoms with Gasteiger partial charge in [-0.15, -0.1) is 0 Å². The third-order valence-corrected chi connectivity index (χ3v) is 6.38. The van der Waals surface area contributed by atoms with Gasteiger partial charge < -0.3 is 9.80 Å². The van der Waals surface area contributed by atoms with E-state index < -0.39 is 0 Å². The van der Waals surface area contributed by atoms with Gasteiger partial charge in [0.15, 0.2) is 0 Å². The summed E-state index contributed by atoms with van der Waals surface area (Å²) in [4.78, 5) is 29.4. The Hall–Kier alpha value is -1.84. The highest BCUT2D eigenvalue weighted by Gasteiger charge is 2.24. The summed E-state index contributed by atoms with van der Waals surface area (Å²) in [5.41, 5.74) is 3.11. The van der Waals surface area contributed by atoms with Gasteiger partial charge >= 0.3 is 0 Å². The molecule has 27 heavy (non-hydrogen) atoms. The molecule has 0 atom stereocenters. The first-order valence-corrected chi connectivity index (χ1v) is 10.7. The van der Waals surface area contributed by atoms with Gasteiger partial charge in [-0.1, -0.05) is 38.2 Å². The first kappa shape index (κ1) is 19.9. The van der Waals surface area contributed by atoms with E-state index in [9.17, 15) is 9.59 Å². The van der Waals surface area contributed by atoms with Gasteiger partial charge in [0.2, 0.25) is 5.91 Å². The highest BCUT2D eigenvalue weighted by Crippen LogP contribution is 2.27. The minimum atomic E-state index is 0.0922. The van der Waals surface area contributed by atoms with Crippen LogP contribution in [0.2, 0.25) is 0 Å². The SMILES string of the molecule is Cc1ccc(C(=O)N2CCCN(C(=O)CCC3CCCCC3)CC2)cc1C. The topological polar surface area (TPSA) is 40.6 Å². The summed E-state index contributed by atoms with van der Waals surface area (Å²) in [5, 5.41) is 0. The number of rotatable bonds is 4. The molecule has 2 amide bonds. The maximum absolute atomic E-state index is 12.8. The van der Waals surface area contributed by atoms with E-state index in [0.717, 1.165) is 43.0 Å². The van der Waals surface area contributed by atoms with Crippen LogP contribution in [0.5, 0.6) is 0 Å². The molecule has 1 saturated carbocycles. The summed E-state index contributed by atoms with van der Waals surface area (Å²) in [6, 6.07) is 5.92. The molecular weight excluding hydrogens is 336 g/mol. The number of carbonyl (C=O) groups is 2. The normalized spacial score (nSPS) is 19.0. The van der Waals surface area contributed by atoms with Crippen molar-refractivity contribution in [1.29, 1.82) is 0 Å². The molecule has 0 bridgehead atoms. The molecule has 0 N–H and O–H groups in total. The minimum Gasteiger partial charge on any atom is -0.341 e. The molecule has 0 spiro atoms. The molecule has 2 aliphatic rings. The van der Waals surface area contributed by atoms with Crippen molar-refractivity contribution < 1.29 is 9.59 Å². The Balaban J connectivity index is 1.51. The van der Waals surface area contributed by atoms with Crippen LogP contribution in [-0.2, 0) is 4.79 Å². The molecule has 0 radical (unpaired) electrons. The lowest BCUT2D eigenvalue weighted by molar-refractivity contribution is -0.131. The highest BCUT2D eigenvalue weighted by atomic mass is 16.2. The summed E-state index contributed by atoms with van der Waals surface area (Å²) in [5.74, 6) is 1.12. The number of carbonyl (C=O) groups excluding carboxylic acids is 2. The van der Waals surface area contributed by atoms with Crippen LogP contribution in [-0.4, -0.2) is 47.8 Å². The molecule has 1 aromatic rings. The van der Waals surface area contributed by atoms with E-state index in [2.05, 4.69) is 6.92 Å². The highest BCUT2D eigenvalue weighted by molar-refractivity contribution is 5.94. The minimum absolute atomic E-state index is 0.0922. The van der Waals surface area contributed by atoms with Gasteiger partial charge in [-0.05, 0) is 55.9 Å². The number of benzene rings is 1. The summed E-state index contributed by atoms with van der Waals surface area (Å²) in [7, 11) is 0. The second kappa shape index (κ2) is 9.38. The largest absolute Gasteiger partial charge is 0.341 e. The van der Waals surface area contributed by atoms with Crippen molar-refractivity contribution in [2.75, 3.05) is 26.2 Å². The van der Waals surface area contributed by atoms with E-state index in [0.29, 0.717) is 19.5 Å². The summed E-state index contributed by atoms with van der Waals surface area (Å²) < 4.78 is 0. The number of hydrogen-bond acceptors (Lipinski definition) is 2. The third kappa shape index (κ3) is 5.33. The molecule has 4 nitrogen and oxygen atoms in total. The average Bonchev–Trinajstić information content (AvgIpc) is 2.95. The fourth-order valence-electron chi connectivity index (χ4n) is 4.39. The molecular formula is C23H34N2O2. The van der Waals surface area contributed by atoms with E-state index in [1.165, 1.54) is 37.7 Å². The average molecular weight is 371 g/mol. The van der Waals surface area contributed by atoms with E-state index >= 15 is 0 Å². The first-order valence-electron chi connectivity index (χ1n) is 10.7. The van der Waals surface area contributed by atoms with Crippen molar-refractivity contribution in [3.8, 4) is 0 Å². The van der Waals surface area contributed by atoms with Crippen LogP contribution in [0.1, 0.15) is 72.9 Å². The molecule has 1 aliphatic heterocycles. The summed E-state index contributed by atoms with van der Waals surface area (Å²) in [6.45, 7) is 6.92. The lowest BCUT2D eigenvalue weighted by Crippen LogP contribution is -2.37. The van der Waals surface area contributed by atoms with Crippen LogP contribution >= 0.6 is 0 Å². The van der Waals surface area contributed by atoms with Crippen molar-refractivity contribution in [2.24, 2.45) is 5.92 Å². The Morgan fingerprint density at radius 3 is 2.33 bits per heavy atom. The van der Waals surface area contributed by atoms with Crippen LogP contribution in [0.3, 0.4) is 0 Å². The van der Waals surface area contributed by atoms with Crippen molar-refractivity contribution in [3.63, 3.8) is 0 Å². The fraction of sp³-hybridized carbons (Fsp3) is 0.652. The fourth-order valence-corrected chi connectivity index (χ4v) is 4.39. The predicted molar refractivity (Wildman–Crippen MR) is 109 cm³/mol. The quantitative estimate of drug-likeness (QED) is 0.791. The van der Waals surface area contributed by atoms with Crippen LogP contribution in [0, 0.1) is 19.8 Å². The van der Waals surface area contributed by atoms with Gasteiger partial charge in [0, 0.05) is 38.2 Å². The van der Waals surface area contributed by atoms with Crippen LogP contribution < -0.4 is 0 Å². The number of amides is 2. The maximum atomic E-state index is 12.8. The summed E-state index contributed by atoms with van der Waals surface area (Å²) in [6.07, 6.45) is 9.20. The van der Waals surface area contributed by atoms with Gasteiger partial charge in [-0.3, -0.25) is 9.59 Å². The predicted octanol–water partition coefficient (Wildman–Crippen LogP) is 4.34. The third-order valence-electron chi connectivity index (χ3n) is 6.38. The van der Waals surface area contributed by atoms with Crippen molar-refractivity contribution in [2.45, 2.75) is 65.2 Å². The second-order valence-corrected chi connectivity index (χ2v) is 8.37. The Kier molecular flexibility index (Phi) is 6.92. The van der Waals surface area contributed by atoms with E-state index in [4.69, 9.17) is 0 Å². The van der Waals surface area contributed by atoms with Crippen LogP contribution in [0.4, 0.5) is 0 Å². The number of hydrogen-bond donors (Lipinski definition) is 0. The number of nitrogens with zero attached hydrogens (tertiary/aromatic N) is 2. The van der Waals surface area contributed by atoms with Gasteiger partial charge in [-0.25, -0.2) is 0 Å². The molecule has 1 aromatic carbocycles. The molecule has 4 heteroatoms. The molecule has 2 fully saturated rings. The van der Waals surface area contributed by atoms with E-state index in [1.54, 1.807) is 0 Å². The molecule has 1 heterocycles. The molecule has 0 aromatic heterocycles. The molecule has 1 saturated heterocycles.